The predicted molar refractivity (Wildman–Crippen MR) is 57.6 cm³/mol. The molecule has 0 unspecified atom stereocenters. The third kappa shape index (κ3) is 3.81. The minimum absolute atomic E-state index is 0.324. The second-order valence-corrected chi connectivity index (χ2v) is 3.74. The van der Waals surface area contributed by atoms with Crippen LogP contribution in [0.2, 0.25) is 0 Å². The van der Waals surface area contributed by atoms with Gasteiger partial charge in [0.2, 0.25) is 0 Å². The molecule has 0 heterocycles. The van der Waals surface area contributed by atoms with E-state index in [1.807, 2.05) is 0 Å². The molecule has 17 heavy (non-hydrogen) atoms. The van der Waals surface area contributed by atoms with Crippen LogP contribution >= 0.6 is 11.6 Å². The minimum atomic E-state index is -4.86. The molecule has 0 bridgehead atoms. The summed E-state index contributed by atoms with van der Waals surface area (Å²) in [5.74, 6) is -0.608. The van der Waals surface area contributed by atoms with E-state index in [1.165, 1.54) is 12.1 Å². The molecular formula is C10H9ClF3NO2. The molecule has 0 saturated carbocycles. The molecule has 0 radical (unpaired) electrons. The summed E-state index contributed by atoms with van der Waals surface area (Å²) < 4.78 is 39.9. The first kappa shape index (κ1) is 13.6. The molecule has 94 valence electrons. The summed E-state index contributed by atoms with van der Waals surface area (Å²) in [7, 11) is 3.37. The fraction of sp³-hybridized carbons (Fsp3) is 0.300. The van der Waals surface area contributed by atoms with Crippen LogP contribution in [0.4, 0.5) is 18.9 Å². The van der Waals surface area contributed by atoms with Gasteiger partial charge in [-0.3, -0.25) is 4.79 Å². The number of alkyl halides is 3. The fourth-order valence-electron chi connectivity index (χ4n) is 1.16. The normalized spacial score (nSPS) is 11.2. The number of ether oxygens (including phenoxy) is 1. The van der Waals surface area contributed by atoms with Crippen LogP contribution in [0.15, 0.2) is 18.2 Å². The standard InChI is InChI=1S/C10H9ClF3NO2/c1-15(2)6-3-4-8(17-10(12,13)14)7(5-6)9(11)16/h3-5H,1-2H3. The van der Waals surface area contributed by atoms with E-state index in [0.717, 1.165) is 6.07 Å². The molecular weight excluding hydrogens is 259 g/mol. The summed E-state index contributed by atoms with van der Waals surface area (Å²) in [4.78, 5) is 12.7. The topological polar surface area (TPSA) is 29.5 Å². The molecule has 1 aromatic carbocycles. The largest absolute Gasteiger partial charge is 0.573 e. The van der Waals surface area contributed by atoms with Gasteiger partial charge in [0, 0.05) is 19.8 Å². The van der Waals surface area contributed by atoms with Crippen molar-refractivity contribution in [2.24, 2.45) is 0 Å². The first-order chi connectivity index (χ1) is 7.70. The highest BCUT2D eigenvalue weighted by molar-refractivity contribution is 6.68. The fourth-order valence-corrected chi connectivity index (χ4v) is 1.31. The lowest BCUT2D eigenvalue weighted by atomic mass is 10.2. The third-order valence-electron chi connectivity index (χ3n) is 1.92. The molecule has 1 aromatic rings. The molecule has 0 aliphatic heterocycles. The molecule has 0 atom stereocenters. The van der Waals surface area contributed by atoms with Gasteiger partial charge in [-0.25, -0.2) is 0 Å². The zero-order valence-corrected chi connectivity index (χ0v) is 9.76. The van der Waals surface area contributed by atoms with E-state index in [-0.39, 0.29) is 5.56 Å². The molecule has 7 heteroatoms. The highest BCUT2D eigenvalue weighted by Crippen LogP contribution is 2.30. The molecule has 0 spiro atoms. The van der Waals surface area contributed by atoms with Crippen molar-refractivity contribution in [3.05, 3.63) is 23.8 Å². The summed E-state index contributed by atoms with van der Waals surface area (Å²) >= 11 is 5.21. The molecule has 0 fully saturated rings. The molecule has 1 rings (SSSR count). The van der Waals surface area contributed by atoms with Crippen molar-refractivity contribution in [2.75, 3.05) is 19.0 Å². The van der Waals surface area contributed by atoms with Crippen molar-refractivity contribution >= 4 is 22.5 Å². The highest BCUT2D eigenvalue weighted by atomic mass is 35.5. The van der Waals surface area contributed by atoms with Crippen molar-refractivity contribution in [3.63, 3.8) is 0 Å². The van der Waals surface area contributed by atoms with E-state index in [4.69, 9.17) is 11.6 Å². The number of halogens is 4. The van der Waals surface area contributed by atoms with Gasteiger partial charge in [0.15, 0.2) is 0 Å². The van der Waals surface area contributed by atoms with E-state index in [9.17, 15) is 18.0 Å². The summed E-state index contributed by atoms with van der Waals surface area (Å²) in [5, 5.41) is -1.01. The van der Waals surface area contributed by atoms with Gasteiger partial charge in [-0.05, 0) is 29.8 Å². The number of hydrogen-bond donors (Lipinski definition) is 0. The SMILES string of the molecule is CN(C)c1ccc(OC(F)(F)F)c(C(=O)Cl)c1. The Bertz CT molecular complexity index is 432. The lowest BCUT2D eigenvalue weighted by molar-refractivity contribution is -0.274. The Morgan fingerprint density at radius 2 is 1.94 bits per heavy atom. The lowest BCUT2D eigenvalue weighted by Gasteiger charge is -2.16. The van der Waals surface area contributed by atoms with Crippen molar-refractivity contribution in [3.8, 4) is 5.75 Å². The molecule has 0 saturated heterocycles. The van der Waals surface area contributed by atoms with Crippen molar-refractivity contribution < 1.29 is 22.7 Å². The maximum Gasteiger partial charge on any atom is 0.573 e. The molecule has 0 N–H and O–H groups in total. The van der Waals surface area contributed by atoms with Crippen LogP contribution in [-0.4, -0.2) is 25.7 Å². The highest BCUT2D eigenvalue weighted by Gasteiger charge is 2.32. The monoisotopic (exact) mass is 267 g/mol. The van der Waals surface area contributed by atoms with E-state index < -0.39 is 17.4 Å². The zero-order chi connectivity index (χ0) is 13.2. The number of nitrogens with zero attached hydrogens (tertiary/aromatic N) is 1. The zero-order valence-electron chi connectivity index (χ0n) is 9.01. The molecule has 0 aliphatic carbocycles. The number of benzene rings is 1. The lowest BCUT2D eigenvalue weighted by Crippen LogP contribution is -2.19. The van der Waals surface area contributed by atoms with Gasteiger partial charge >= 0.3 is 6.36 Å². The van der Waals surface area contributed by atoms with Gasteiger partial charge in [-0.2, -0.15) is 0 Å². The smallest absolute Gasteiger partial charge is 0.405 e. The maximum atomic E-state index is 12.1. The van der Waals surface area contributed by atoms with Crippen LogP contribution in [0, 0.1) is 0 Å². The first-order valence-corrected chi connectivity index (χ1v) is 4.85. The Kier molecular flexibility index (Phi) is 3.87. The third-order valence-corrected chi connectivity index (χ3v) is 2.12. The van der Waals surface area contributed by atoms with Crippen LogP contribution < -0.4 is 9.64 Å². The molecule has 0 amide bonds. The van der Waals surface area contributed by atoms with Gasteiger partial charge in [-0.15, -0.1) is 13.2 Å². The van der Waals surface area contributed by atoms with Gasteiger partial charge in [0.05, 0.1) is 5.56 Å². The molecule has 0 aromatic heterocycles. The quantitative estimate of drug-likeness (QED) is 0.789. The van der Waals surface area contributed by atoms with Gasteiger partial charge in [-0.1, -0.05) is 0 Å². The van der Waals surface area contributed by atoms with Gasteiger partial charge in [0.1, 0.15) is 5.75 Å². The van der Waals surface area contributed by atoms with Gasteiger partial charge < -0.3 is 9.64 Å². The van der Waals surface area contributed by atoms with E-state index in [0.29, 0.717) is 5.69 Å². The van der Waals surface area contributed by atoms with Crippen LogP contribution in [0.25, 0.3) is 0 Å². The Hall–Kier alpha value is -1.43. The second kappa shape index (κ2) is 4.83. The number of carbonyl (C=O) groups excluding carboxylic acids is 1. The number of carbonyl (C=O) groups is 1. The predicted octanol–water partition coefficient (Wildman–Crippen LogP) is 3.03. The summed E-state index contributed by atoms with van der Waals surface area (Å²) in [6, 6.07) is 3.68. The second-order valence-electron chi connectivity index (χ2n) is 3.40. The van der Waals surface area contributed by atoms with Crippen molar-refractivity contribution in [1.82, 2.24) is 0 Å². The Labute approximate surface area is 101 Å². The number of rotatable bonds is 3. The van der Waals surface area contributed by atoms with E-state index in [1.54, 1.807) is 19.0 Å². The summed E-state index contributed by atoms with van der Waals surface area (Å²) in [6.07, 6.45) is -4.86. The van der Waals surface area contributed by atoms with Crippen LogP contribution in [-0.2, 0) is 0 Å². The van der Waals surface area contributed by atoms with Crippen LogP contribution in [0.3, 0.4) is 0 Å². The summed E-state index contributed by atoms with van der Waals surface area (Å²) in [6.45, 7) is 0. The first-order valence-electron chi connectivity index (χ1n) is 4.47. The van der Waals surface area contributed by atoms with Crippen LogP contribution in [0.1, 0.15) is 10.4 Å². The minimum Gasteiger partial charge on any atom is -0.405 e. The number of hydrogen-bond acceptors (Lipinski definition) is 3. The average molecular weight is 268 g/mol. The molecule has 3 nitrogen and oxygen atoms in total. The number of anilines is 1. The van der Waals surface area contributed by atoms with Crippen molar-refractivity contribution in [2.45, 2.75) is 6.36 Å². The van der Waals surface area contributed by atoms with Gasteiger partial charge in [0.25, 0.3) is 5.24 Å². The van der Waals surface area contributed by atoms with Crippen molar-refractivity contribution in [1.29, 1.82) is 0 Å². The molecule has 0 aliphatic rings. The van der Waals surface area contributed by atoms with E-state index >= 15 is 0 Å². The van der Waals surface area contributed by atoms with E-state index in [2.05, 4.69) is 4.74 Å². The Morgan fingerprint density at radius 3 is 2.35 bits per heavy atom. The maximum absolute atomic E-state index is 12.1. The average Bonchev–Trinajstić information content (AvgIpc) is 2.14. The van der Waals surface area contributed by atoms with Crippen LogP contribution in [0.5, 0.6) is 5.75 Å². The summed E-state index contributed by atoms with van der Waals surface area (Å²) in [5.41, 5.74) is 0.221. The Morgan fingerprint density at radius 1 is 1.35 bits per heavy atom. The Balaban J connectivity index is 3.18.